The van der Waals surface area contributed by atoms with Gasteiger partial charge in [0.1, 0.15) is 5.78 Å². The van der Waals surface area contributed by atoms with E-state index >= 15 is 0 Å². The number of carbonyl (C=O) groups excluding carboxylic acids is 1. The van der Waals surface area contributed by atoms with Crippen molar-refractivity contribution in [2.24, 2.45) is 18.7 Å². The third-order valence-corrected chi connectivity index (χ3v) is 3.18. The highest BCUT2D eigenvalue weighted by Crippen LogP contribution is 2.22. The number of halogens is 1. The molecule has 1 unspecified atom stereocenters. The molecule has 0 radical (unpaired) electrons. The topological polar surface area (TPSA) is 60.9 Å². The van der Waals surface area contributed by atoms with E-state index in [1.807, 2.05) is 13.8 Å². The molecule has 1 atom stereocenters. The van der Waals surface area contributed by atoms with Crippen LogP contribution in [0.2, 0.25) is 5.02 Å². The molecule has 1 aromatic rings. The van der Waals surface area contributed by atoms with Gasteiger partial charge >= 0.3 is 0 Å². The lowest BCUT2D eigenvalue weighted by Gasteiger charge is -2.07. The van der Waals surface area contributed by atoms with Crippen molar-refractivity contribution in [2.75, 3.05) is 6.54 Å². The molecule has 1 rings (SSSR count). The van der Waals surface area contributed by atoms with Crippen molar-refractivity contribution in [3.8, 4) is 0 Å². The number of hydrogen-bond donors (Lipinski definition) is 1. The summed E-state index contributed by atoms with van der Waals surface area (Å²) in [7, 11) is 1.81. The molecule has 90 valence electrons. The Balaban J connectivity index is 2.89. The zero-order valence-corrected chi connectivity index (χ0v) is 10.7. The number of rotatable bonds is 5. The van der Waals surface area contributed by atoms with Crippen LogP contribution >= 0.6 is 11.6 Å². The highest BCUT2D eigenvalue weighted by Gasteiger charge is 2.18. The summed E-state index contributed by atoms with van der Waals surface area (Å²) in [6.45, 7) is 4.19. The van der Waals surface area contributed by atoms with Crippen LogP contribution in [0.4, 0.5) is 0 Å². The summed E-state index contributed by atoms with van der Waals surface area (Å²) in [6, 6.07) is 0. The monoisotopic (exact) mass is 243 g/mol. The van der Waals surface area contributed by atoms with Crippen molar-refractivity contribution in [2.45, 2.75) is 26.7 Å². The maximum Gasteiger partial charge on any atom is 0.142 e. The average Bonchev–Trinajstić information content (AvgIpc) is 2.55. The van der Waals surface area contributed by atoms with Crippen LogP contribution in [0.15, 0.2) is 0 Å². The minimum atomic E-state index is -0.129. The molecule has 1 aromatic heterocycles. The molecule has 2 N–H and O–H groups in total. The number of Topliss-reactive ketones (excluding diaryl/α,β-unsaturated/α-hetero) is 1. The average molecular weight is 244 g/mol. The zero-order chi connectivity index (χ0) is 12.3. The van der Waals surface area contributed by atoms with Crippen LogP contribution in [-0.2, 0) is 24.7 Å². The predicted molar refractivity (Wildman–Crippen MR) is 64.5 cm³/mol. The van der Waals surface area contributed by atoms with Gasteiger partial charge in [0.25, 0.3) is 0 Å². The quantitative estimate of drug-likeness (QED) is 0.849. The molecule has 0 spiro atoms. The first-order chi connectivity index (χ1) is 7.51. The van der Waals surface area contributed by atoms with Crippen molar-refractivity contribution < 1.29 is 4.79 Å². The van der Waals surface area contributed by atoms with Gasteiger partial charge in [-0.1, -0.05) is 25.4 Å². The molecule has 16 heavy (non-hydrogen) atoms. The van der Waals surface area contributed by atoms with E-state index < -0.39 is 0 Å². The van der Waals surface area contributed by atoms with E-state index in [0.717, 1.165) is 17.8 Å². The Morgan fingerprint density at radius 3 is 2.69 bits per heavy atom. The summed E-state index contributed by atoms with van der Waals surface area (Å²) < 4.78 is 1.68. The lowest BCUT2D eigenvalue weighted by atomic mass is 10.0. The SMILES string of the molecule is CCc1nn(C)c(CC(=O)C(C)CN)c1Cl. The van der Waals surface area contributed by atoms with E-state index in [1.54, 1.807) is 11.7 Å². The number of ketones is 1. The maximum absolute atomic E-state index is 11.8. The highest BCUT2D eigenvalue weighted by atomic mass is 35.5. The van der Waals surface area contributed by atoms with E-state index in [1.165, 1.54) is 0 Å². The molecular formula is C11H18ClN3O. The van der Waals surface area contributed by atoms with Gasteiger partial charge in [-0.2, -0.15) is 5.10 Å². The van der Waals surface area contributed by atoms with Crippen molar-refractivity contribution in [3.63, 3.8) is 0 Å². The number of carbonyl (C=O) groups is 1. The fourth-order valence-electron chi connectivity index (χ4n) is 1.48. The molecule has 0 aliphatic rings. The van der Waals surface area contributed by atoms with Gasteiger partial charge < -0.3 is 5.73 Å². The first-order valence-electron chi connectivity index (χ1n) is 5.44. The molecule has 0 fully saturated rings. The Labute approximate surface area is 101 Å². The van der Waals surface area contributed by atoms with Crippen molar-refractivity contribution >= 4 is 17.4 Å². The van der Waals surface area contributed by atoms with Gasteiger partial charge in [-0.3, -0.25) is 9.48 Å². The molecule has 5 heteroatoms. The van der Waals surface area contributed by atoms with Gasteiger partial charge in [0.15, 0.2) is 0 Å². The Kier molecular flexibility index (Phi) is 4.50. The van der Waals surface area contributed by atoms with E-state index in [9.17, 15) is 4.79 Å². The van der Waals surface area contributed by atoms with Gasteiger partial charge in [-0.05, 0) is 6.42 Å². The van der Waals surface area contributed by atoms with E-state index in [-0.39, 0.29) is 11.7 Å². The molecule has 0 aromatic carbocycles. The van der Waals surface area contributed by atoms with Crippen molar-refractivity contribution in [1.29, 1.82) is 0 Å². The minimum absolute atomic E-state index is 0.107. The van der Waals surface area contributed by atoms with Gasteiger partial charge in [0.05, 0.1) is 22.8 Å². The highest BCUT2D eigenvalue weighted by molar-refractivity contribution is 6.32. The summed E-state index contributed by atoms with van der Waals surface area (Å²) in [5.74, 6) is -0.0221. The number of nitrogens with two attached hydrogens (primary N) is 1. The van der Waals surface area contributed by atoms with E-state index in [4.69, 9.17) is 17.3 Å². The standard InChI is InChI=1S/C11H18ClN3O/c1-4-8-11(12)9(15(3)14-8)5-10(16)7(2)6-13/h7H,4-6,13H2,1-3H3. The summed E-state index contributed by atoms with van der Waals surface area (Å²) in [6.07, 6.45) is 1.08. The lowest BCUT2D eigenvalue weighted by Crippen LogP contribution is -2.23. The number of aromatic nitrogens is 2. The predicted octanol–water partition coefficient (Wildman–Crippen LogP) is 1.34. The first-order valence-corrected chi connectivity index (χ1v) is 5.82. The molecule has 0 aliphatic heterocycles. The summed E-state index contributed by atoms with van der Waals surface area (Å²) in [5.41, 5.74) is 7.08. The van der Waals surface area contributed by atoms with E-state index in [0.29, 0.717) is 18.0 Å². The molecule has 4 nitrogen and oxygen atoms in total. The molecule has 0 bridgehead atoms. The third kappa shape index (κ3) is 2.62. The van der Waals surface area contributed by atoms with Gasteiger partial charge in [-0.15, -0.1) is 0 Å². The molecule has 0 saturated carbocycles. The van der Waals surface area contributed by atoms with Gasteiger partial charge in [0.2, 0.25) is 0 Å². The zero-order valence-electron chi connectivity index (χ0n) is 9.96. The molecule has 0 saturated heterocycles. The molecule has 1 heterocycles. The molecule has 0 aliphatic carbocycles. The Hall–Kier alpha value is -0.870. The second-order valence-electron chi connectivity index (χ2n) is 3.96. The van der Waals surface area contributed by atoms with Crippen LogP contribution in [-0.4, -0.2) is 22.1 Å². The second kappa shape index (κ2) is 5.46. The van der Waals surface area contributed by atoms with Crippen molar-refractivity contribution in [3.05, 3.63) is 16.4 Å². The number of nitrogens with zero attached hydrogens (tertiary/aromatic N) is 2. The molecule has 0 amide bonds. The third-order valence-electron chi connectivity index (χ3n) is 2.75. The summed E-state index contributed by atoms with van der Waals surface area (Å²) in [4.78, 5) is 11.8. The van der Waals surface area contributed by atoms with Crippen LogP contribution < -0.4 is 5.73 Å². The van der Waals surface area contributed by atoms with Gasteiger partial charge in [0, 0.05) is 19.5 Å². The van der Waals surface area contributed by atoms with Crippen LogP contribution in [0.5, 0.6) is 0 Å². The number of aryl methyl sites for hydroxylation is 2. The smallest absolute Gasteiger partial charge is 0.142 e. The van der Waals surface area contributed by atoms with Crippen LogP contribution in [0, 0.1) is 5.92 Å². The lowest BCUT2D eigenvalue weighted by molar-refractivity contribution is -0.121. The van der Waals surface area contributed by atoms with Crippen LogP contribution in [0.3, 0.4) is 0 Å². The Bertz CT molecular complexity index is 387. The fourth-order valence-corrected chi connectivity index (χ4v) is 1.84. The normalized spacial score (nSPS) is 12.8. The number of hydrogen-bond acceptors (Lipinski definition) is 3. The van der Waals surface area contributed by atoms with E-state index in [2.05, 4.69) is 5.10 Å². The minimum Gasteiger partial charge on any atom is -0.330 e. The second-order valence-corrected chi connectivity index (χ2v) is 4.34. The van der Waals surface area contributed by atoms with Gasteiger partial charge in [-0.25, -0.2) is 0 Å². The molecular weight excluding hydrogens is 226 g/mol. The Morgan fingerprint density at radius 2 is 2.25 bits per heavy atom. The maximum atomic E-state index is 11.8. The van der Waals surface area contributed by atoms with Crippen molar-refractivity contribution in [1.82, 2.24) is 9.78 Å². The summed E-state index contributed by atoms with van der Waals surface area (Å²) >= 11 is 6.15. The fraction of sp³-hybridized carbons (Fsp3) is 0.636. The largest absolute Gasteiger partial charge is 0.330 e. The Morgan fingerprint density at radius 1 is 1.62 bits per heavy atom. The first kappa shape index (κ1) is 13.2. The van der Waals surface area contributed by atoms with Crippen LogP contribution in [0.25, 0.3) is 0 Å². The van der Waals surface area contributed by atoms with Crippen LogP contribution in [0.1, 0.15) is 25.2 Å². The summed E-state index contributed by atoms with van der Waals surface area (Å²) in [5, 5.41) is 4.88.